The Hall–Kier alpha value is -2.90. The average Bonchev–Trinajstić information content (AvgIpc) is 3.16. The number of rotatable bonds is 5. The molecule has 9 heteroatoms. The molecule has 0 atom stereocenters. The van der Waals surface area contributed by atoms with Crippen molar-refractivity contribution in [2.24, 2.45) is 11.5 Å². The van der Waals surface area contributed by atoms with Gasteiger partial charge in [-0.3, -0.25) is 14.2 Å². The van der Waals surface area contributed by atoms with E-state index in [9.17, 15) is 14.0 Å². The zero-order valence-electron chi connectivity index (χ0n) is 18.0. The number of benzene rings is 2. The molecule has 3 aromatic rings. The third-order valence-corrected chi connectivity index (χ3v) is 6.57. The number of hydrogen-bond donors (Lipinski definition) is 2. The molecule has 2 aromatic carbocycles. The van der Waals surface area contributed by atoms with Gasteiger partial charge < -0.3 is 11.5 Å². The molecule has 1 aromatic heterocycles. The van der Waals surface area contributed by atoms with Gasteiger partial charge in [0.15, 0.2) is 5.69 Å². The van der Waals surface area contributed by atoms with E-state index < -0.39 is 17.6 Å². The molecule has 0 bridgehead atoms. The molecule has 1 aliphatic carbocycles. The van der Waals surface area contributed by atoms with E-state index in [1.165, 1.54) is 18.2 Å². The highest BCUT2D eigenvalue weighted by molar-refractivity contribution is 6.31. The molecule has 2 amide bonds. The van der Waals surface area contributed by atoms with E-state index in [1.54, 1.807) is 23.6 Å². The van der Waals surface area contributed by atoms with E-state index in [4.69, 9.17) is 34.7 Å². The van der Waals surface area contributed by atoms with Crippen molar-refractivity contribution in [1.29, 1.82) is 0 Å². The van der Waals surface area contributed by atoms with Crippen molar-refractivity contribution >= 4 is 35.0 Å². The summed E-state index contributed by atoms with van der Waals surface area (Å²) in [5, 5.41) is 0.270. The fraction of sp³-hybridized carbons (Fsp3) is 0.292. The summed E-state index contributed by atoms with van der Waals surface area (Å²) in [6.45, 7) is 1.73. The fourth-order valence-electron chi connectivity index (χ4n) is 4.62. The summed E-state index contributed by atoms with van der Waals surface area (Å²) >= 11 is 12.4. The maximum absolute atomic E-state index is 13.9. The molecule has 0 spiro atoms. The molecule has 33 heavy (non-hydrogen) atoms. The monoisotopic (exact) mass is 488 g/mol. The SMILES string of the molecule is Cc1cc(Cl)cc(-n2c(C3CCCCC3)nc(C(N)=O)c2-c2ccc(F)c(Cl)c2)c1C(N)=O. The van der Waals surface area contributed by atoms with Gasteiger partial charge in [-0.05, 0) is 55.7 Å². The lowest BCUT2D eigenvalue weighted by Crippen LogP contribution is -2.19. The standard InChI is InChI=1S/C24H23Cl2FN4O2/c1-12-9-15(25)11-18(19(12)22(28)32)31-21(14-7-8-17(27)16(26)10-14)20(23(29)33)30-24(31)13-5-3-2-4-6-13/h7-11,13H,2-6H2,1H3,(H2,28,32)(H2,29,33). The van der Waals surface area contributed by atoms with Crippen molar-refractivity contribution in [2.75, 3.05) is 0 Å². The van der Waals surface area contributed by atoms with Gasteiger partial charge in [-0.1, -0.05) is 42.5 Å². The Labute approximate surface area is 200 Å². The third kappa shape index (κ3) is 4.35. The van der Waals surface area contributed by atoms with Crippen LogP contribution in [0.25, 0.3) is 16.9 Å². The molecular weight excluding hydrogens is 466 g/mol. The van der Waals surface area contributed by atoms with E-state index in [0.717, 1.165) is 32.1 Å². The molecule has 172 valence electrons. The summed E-state index contributed by atoms with van der Waals surface area (Å²) in [6, 6.07) is 7.36. The molecule has 1 aliphatic rings. The van der Waals surface area contributed by atoms with Crippen LogP contribution in [-0.2, 0) is 0 Å². The second-order valence-corrected chi connectivity index (χ2v) is 9.16. The molecule has 4 rings (SSSR count). The number of carbonyl (C=O) groups is 2. The Balaban J connectivity index is 2.13. The van der Waals surface area contributed by atoms with Crippen molar-refractivity contribution < 1.29 is 14.0 Å². The van der Waals surface area contributed by atoms with E-state index in [2.05, 4.69) is 4.98 Å². The number of aryl methyl sites for hydroxylation is 1. The highest BCUT2D eigenvalue weighted by atomic mass is 35.5. The van der Waals surface area contributed by atoms with Gasteiger partial charge in [-0.15, -0.1) is 0 Å². The summed E-state index contributed by atoms with van der Waals surface area (Å²) in [7, 11) is 0. The van der Waals surface area contributed by atoms with Crippen LogP contribution in [0.5, 0.6) is 0 Å². The van der Waals surface area contributed by atoms with E-state index in [1.807, 2.05) is 0 Å². The van der Waals surface area contributed by atoms with Gasteiger partial charge >= 0.3 is 0 Å². The highest BCUT2D eigenvalue weighted by Crippen LogP contribution is 2.40. The smallest absolute Gasteiger partial charge is 0.269 e. The number of nitrogens with two attached hydrogens (primary N) is 2. The highest BCUT2D eigenvalue weighted by Gasteiger charge is 2.31. The van der Waals surface area contributed by atoms with Gasteiger partial charge in [-0.25, -0.2) is 9.37 Å². The van der Waals surface area contributed by atoms with Crippen LogP contribution in [0.3, 0.4) is 0 Å². The first-order valence-corrected chi connectivity index (χ1v) is 11.4. The Bertz CT molecular complexity index is 1270. The summed E-state index contributed by atoms with van der Waals surface area (Å²) < 4.78 is 15.7. The van der Waals surface area contributed by atoms with Gasteiger partial charge in [0.05, 0.1) is 22.0 Å². The molecule has 6 nitrogen and oxygen atoms in total. The maximum atomic E-state index is 13.9. The van der Waals surface area contributed by atoms with Gasteiger partial charge in [0.2, 0.25) is 0 Å². The van der Waals surface area contributed by atoms with E-state index in [-0.39, 0.29) is 22.2 Å². The minimum absolute atomic E-state index is 0.00583. The molecule has 0 saturated heterocycles. The Morgan fingerprint density at radius 2 is 1.76 bits per heavy atom. The van der Waals surface area contributed by atoms with Gasteiger partial charge in [-0.2, -0.15) is 0 Å². The predicted octanol–water partition coefficient (Wildman–Crippen LogP) is 5.54. The number of amides is 2. The van der Waals surface area contributed by atoms with Crippen molar-refractivity contribution in [3.8, 4) is 16.9 Å². The predicted molar refractivity (Wildman–Crippen MR) is 127 cm³/mol. The van der Waals surface area contributed by atoms with Crippen LogP contribution < -0.4 is 11.5 Å². The number of hydrogen-bond acceptors (Lipinski definition) is 3. The quantitative estimate of drug-likeness (QED) is 0.492. The van der Waals surface area contributed by atoms with Crippen LogP contribution >= 0.6 is 23.2 Å². The number of aromatic nitrogens is 2. The summed E-state index contributed by atoms with van der Waals surface area (Å²) in [4.78, 5) is 29.6. The van der Waals surface area contributed by atoms with Crippen molar-refractivity contribution in [1.82, 2.24) is 9.55 Å². The van der Waals surface area contributed by atoms with Crippen molar-refractivity contribution in [2.45, 2.75) is 44.9 Å². The number of nitrogens with zero attached hydrogens (tertiary/aromatic N) is 2. The lowest BCUT2D eigenvalue weighted by molar-refractivity contribution is 0.0990. The first-order chi connectivity index (χ1) is 15.7. The topological polar surface area (TPSA) is 104 Å². The Morgan fingerprint density at radius 3 is 2.36 bits per heavy atom. The summed E-state index contributed by atoms with van der Waals surface area (Å²) in [6.07, 6.45) is 4.87. The van der Waals surface area contributed by atoms with Gasteiger partial charge in [0.25, 0.3) is 11.8 Å². The Morgan fingerprint density at radius 1 is 1.06 bits per heavy atom. The molecular formula is C24H23Cl2FN4O2. The van der Waals surface area contributed by atoms with Crippen molar-refractivity contribution in [3.05, 3.63) is 68.8 Å². The van der Waals surface area contributed by atoms with E-state index >= 15 is 0 Å². The van der Waals surface area contributed by atoms with E-state index in [0.29, 0.717) is 33.4 Å². The normalized spacial score (nSPS) is 14.4. The zero-order chi connectivity index (χ0) is 23.9. The van der Waals surface area contributed by atoms with Crippen LogP contribution in [0.1, 0.15) is 70.3 Å². The van der Waals surface area contributed by atoms with Gasteiger partial charge in [0.1, 0.15) is 11.6 Å². The molecule has 4 N–H and O–H groups in total. The molecule has 1 heterocycles. The molecule has 0 radical (unpaired) electrons. The average molecular weight is 489 g/mol. The van der Waals surface area contributed by atoms with Crippen LogP contribution in [0, 0.1) is 12.7 Å². The minimum atomic E-state index is -0.749. The second kappa shape index (κ2) is 9.15. The van der Waals surface area contributed by atoms with Crippen LogP contribution in [0.4, 0.5) is 4.39 Å². The molecule has 0 unspecified atom stereocenters. The van der Waals surface area contributed by atoms with Crippen LogP contribution in [0.15, 0.2) is 30.3 Å². The number of primary amides is 2. The van der Waals surface area contributed by atoms with Crippen LogP contribution in [0.2, 0.25) is 10.0 Å². The maximum Gasteiger partial charge on any atom is 0.269 e. The zero-order valence-corrected chi connectivity index (χ0v) is 19.5. The third-order valence-electron chi connectivity index (χ3n) is 6.07. The minimum Gasteiger partial charge on any atom is -0.366 e. The number of halogens is 3. The summed E-state index contributed by atoms with van der Waals surface area (Å²) in [5.41, 5.74) is 13.5. The molecule has 0 aliphatic heterocycles. The lowest BCUT2D eigenvalue weighted by atomic mass is 9.88. The number of imidazole rings is 1. The Kier molecular flexibility index (Phi) is 6.45. The first-order valence-electron chi connectivity index (χ1n) is 10.7. The van der Waals surface area contributed by atoms with Gasteiger partial charge in [0, 0.05) is 16.5 Å². The summed E-state index contributed by atoms with van der Waals surface area (Å²) in [5.74, 6) is -1.38. The first kappa shape index (κ1) is 23.3. The van der Waals surface area contributed by atoms with Crippen molar-refractivity contribution in [3.63, 3.8) is 0 Å². The number of carbonyl (C=O) groups excluding carboxylic acids is 2. The second-order valence-electron chi connectivity index (χ2n) is 8.31. The largest absolute Gasteiger partial charge is 0.366 e. The molecule has 1 saturated carbocycles. The fourth-order valence-corrected chi connectivity index (χ4v) is 5.07. The molecule has 1 fully saturated rings. The van der Waals surface area contributed by atoms with Crippen LogP contribution in [-0.4, -0.2) is 21.4 Å². The lowest BCUT2D eigenvalue weighted by Gasteiger charge is -2.24.